The lowest BCUT2D eigenvalue weighted by Gasteiger charge is -2.07. The highest BCUT2D eigenvalue weighted by Gasteiger charge is 2.00. The van der Waals surface area contributed by atoms with Crippen molar-refractivity contribution < 1.29 is 0 Å². The summed E-state index contributed by atoms with van der Waals surface area (Å²) in [7, 11) is 0. The van der Waals surface area contributed by atoms with E-state index < -0.39 is 0 Å². The fourth-order valence-electron chi connectivity index (χ4n) is 1.65. The molecule has 2 aromatic heterocycles. The summed E-state index contributed by atoms with van der Waals surface area (Å²) in [6.45, 7) is 0.640. The molecule has 3 aromatic rings. The second kappa shape index (κ2) is 5.21. The monoisotopic (exact) mass is 253 g/mol. The Bertz CT molecular complexity index is 636. The summed E-state index contributed by atoms with van der Waals surface area (Å²) >= 11 is 0. The van der Waals surface area contributed by atoms with E-state index in [0.717, 1.165) is 17.1 Å². The molecule has 19 heavy (non-hydrogen) atoms. The summed E-state index contributed by atoms with van der Waals surface area (Å²) in [5, 5.41) is 14.4. The molecule has 0 aliphatic rings. The topological polar surface area (TPSA) is 81.4 Å². The molecule has 0 atom stereocenters. The van der Waals surface area contributed by atoms with E-state index in [0.29, 0.717) is 6.54 Å². The number of nitrogens with zero attached hydrogens (tertiary/aromatic N) is 6. The Morgan fingerprint density at radius 1 is 1.21 bits per heavy atom. The Morgan fingerprint density at radius 3 is 3.00 bits per heavy atom. The van der Waals surface area contributed by atoms with Crippen LogP contribution in [0.5, 0.6) is 0 Å². The number of tetrazole rings is 1. The van der Waals surface area contributed by atoms with Crippen LogP contribution in [0.3, 0.4) is 0 Å². The van der Waals surface area contributed by atoms with Crippen LogP contribution in [0, 0.1) is 0 Å². The molecular formula is C12H11N7. The van der Waals surface area contributed by atoms with Crippen molar-refractivity contribution in [1.82, 2.24) is 30.2 Å². The molecule has 3 rings (SSSR count). The van der Waals surface area contributed by atoms with E-state index in [4.69, 9.17) is 0 Å². The zero-order chi connectivity index (χ0) is 12.9. The van der Waals surface area contributed by atoms with Gasteiger partial charge in [-0.25, -0.2) is 14.6 Å². The van der Waals surface area contributed by atoms with E-state index in [1.807, 2.05) is 30.3 Å². The number of anilines is 1. The van der Waals surface area contributed by atoms with Gasteiger partial charge in [-0.05, 0) is 34.7 Å². The van der Waals surface area contributed by atoms with Crippen molar-refractivity contribution in [3.05, 3.63) is 54.9 Å². The normalized spacial score (nSPS) is 10.3. The minimum atomic E-state index is 0.640. The second-order valence-corrected chi connectivity index (χ2v) is 3.86. The molecule has 0 aliphatic heterocycles. The molecule has 0 saturated heterocycles. The van der Waals surface area contributed by atoms with Crippen LogP contribution in [-0.4, -0.2) is 30.2 Å². The number of rotatable bonds is 4. The van der Waals surface area contributed by atoms with Gasteiger partial charge in [0.25, 0.3) is 0 Å². The average Bonchev–Trinajstić information content (AvgIpc) is 3.01. The summed E-state index contributed by atoms with van der Waals surface area (Å²) in [5.74, 6) is 0. The Balaban J connectivity index is 1.74. The standard InChI is InChI=1S/C12H11N7/c1-2-10(14-7-11-4-5-13-8-15-11)6-12(3-1)19-9-16-17-18-19/h1-6,8-9,14H,7H2. The van der Waals surface area contributed by atoms with Crippen LogP contribution in [0.4, 0.5) is 5.69 Å². The van der Waals surface area contributed by atoms with Gasteiger partial charge in [0, 0.05) is 11.9 Å². The van der Waals surface area contributed by atoms with E-state index in [9.17, 15) is 0 Å². The molecule has 0 spiro atoms. The predicted octanol–water partition coefficient (Wildman–Crippen LogP) is 1.06. The van der Waals surface area contributed by atoms with E-state index in [2.05, 4.69) is 30.8 Å². The van der Waals surface area contributed by atoms with E-state index in [1.165, 1.54) is 6.33 Å². The molecule has 0 radical (unpaired) electrons. The van der Waals surface area contributed by atoms with Crippen LogP contribution in [0.1, 0.15) is 5.69 Å². The zero-order valence-corrected chi connectivity index (χ0v) is 10.0. The van der Waals surface area contributed by atoms with Crippen LogP contribution < -0.4 is 5.32 Å². The lowest BCUT2D eigenvalue weighted by Crippen LogP contribution is -2.02. The Hall–Kier alpha value is -2.83. The number of hydrogen-bond acceptors (Lipinski definition) is 6. The molecule has 0 aliphatic carbocycles. The number of hydrogen-bond donors (Lipinski definition) is 1. The molecule has 0 unspecified atom stereocenters. The third-order valence-electron chi connectivity index (χ3n) is 2.58. The summed E-state index contributed by atoms with van der Waals surface area (Å²) in [6.07, 6.45) is 4.82. The molecule has 0 fully saturated rings. The smallest absolute Gasteiger partial charge is 0.143 e. The fourth-order valence-corrected chi connectivity index (χ4v) is 1.65. The van der Waals surface area contributed by atoms with Crippen molar-refractivity contribution >= 4 is 5.69 Å². The Morgan fingerprint density at radius 2 is 2.21 bits per heavy atom. The summed E-state index contributed by atoms with van der Waals surface area (Å²) in [5.41, 5.74) is 2.81. The quantitative estimate of drug-likeness (QED) is 0.748. The molecule has 1 aromatic carbocycles. The minimum Gasteiger partial charge on any atom is -0.379 e. The molecule has 7 heteroatoms. The van der Waals surface area contributed by atoms with Gasteiger partial charge in [-0.2, -0.15) is 0 Å². The Kier molecular flexibility index (Phi) is 3.09. The highest BCUT2D eigenvalue weighted by Crippen LogP contribution is 2.13. The Labute approximate surface area is 109 Å². The van der Waals surface area contributed by atoms with Crippen molar-refractivity contribution in [1.29, 1.82) is 0 Å². The first kappa shape index (κ1) is 11.3. The van der Waals surface area contributed by atoms with Gasteiger partial charge in [0.1, 0.15) is 12.7 Å². The highest BCUT2D eigenvalue weighted by molar-refractivity contribution is 5.50. The van der Waals surface area contributed by atoms with Crippen molar-refractivity contribution in [3.63, 3.8) is 0 Å². The SMILES string of the molecule is c1cc(NCc2ccncn2)cc(-n2cnnn2)c1. The molecule has 94 valence electrons. The number of nitrogens with one attached hydrogen (secondary N) is 1. The fraction of sp³-hybridized carbons (Fsp3) is 0.0833. The van der Waals surface area contributed by atoms with Gasteiger partial charge in [-0.3, -0.25) is 0 Å². The molecule has 0 saturated carbocycles. The molecule has 7 nitrogen and oxygen atoms in total. The summed E-state index contributed by atoms with van der Waals surface area (Å²) in [6, 6.07) is 9.70. The van der Waals surface area contributed by atoms with Crippen LogP contribution in [0.2, 0.25) is 0 Å². The molecule has 0 amide bonds. The third kappa shape index (κ3) is 2.71. The zero-order valence-electron chi connectivity index (χ0n) is 10.0. The van der Waals surface area contributed by atoms with Gasteiger partial charge in [0.05, 0.1) is 17.9 Å². The molecular weight excluding hydrogens is 242 g/mol. The lowest BCUT2D eigenvalue weighted by molar-refractivity contribution is 0.789. The average molecular weight is 253 g/mol. The highest BCUT2D eigenvalue weighted by atomic mass is 15.5. The van der Waals surface area contributed by atoms with Gasteiger partial charge < -0.3 is 5.32 Å². The van der Waals surface area contributed by atoms with Crippen LogP contribution in [-0.2, 0) is 6.54 Å². The summed E-state index contributed by atoms with van der Waals surface area (Å²) < 4.78 is 1.61. The maximum absolute atomic E-state index is 4.15. The largest absolute Gasteiger partial charge is 0.379 e. The second-order valence-electron chi connectivity index (χ2n) is 3.86. The number of benzene rings is 1. The summed E-state index contributed by atoms with van der Waals surface area (Å²) in [4.78, 5) is 8.04. The van der Waals surface area contributed by atoms with Crippen LogP contribution in [0.15, 0.2) is 49.2 Å². The van der Waals surface area contributed by atoms with E-state index in [1.54, 1.807) is 17.2 Å². The minimum absolute atomic E-state index is 0.640. The van der Waals surface area contributed by atoms with Gasteiger partial charge >= 0.3 is 0 Å². The maximum Gasteiger partial charge on any atom is 0.143 e. The van der Waals surface area contributed by atoms with Crippen LogP contribution >= 0.6 is 0 Å². The van der Waals surface area contributed by atoms with E-state index >= 15 is 0 Å². The first-order chi connectivity index (χ1) is 9.42. The lowest BCUT2D eigenvalue weighted by atomic mass is 10.2. The van der Waals surface area contributed by atoms with Crippen LogP contribution in [0.25, 0.3) is 5.69 Å². The van der Waals surface area contributed by atoms with Gasteiger partial charge in [-0.15, -0.1) is 5.10 Å². The van der Waals surface area contributed by atoms with Gasteiger partial charge in [0.2, 0.25) is 0 Å². The van der Waals surface area contributed by atoms with Crippen molar-refractivity contribution in [2.45, 2.75) is 6.54 Å². The molecule has 0 bridgehead atoms. The predicted molar refractivity (Wildman–Crippen MR) is 68.5 cm³/mol. The molecule has 1 N–H and O–H groups in total. The van der Waals surface area contributed by atoms with E-state index in [-0.39, 0.29) is 0 Å². The third-order valence-corrected chi connectivity index (χ3v) is 2.58. The van der Waals surface area contributed by atoms with Crippen molar-refractivity contribution in [3.8, 4) is 5.69 Å². The first-order valence-corrected chi connectivity index (χ1v) is 5.74. The number of aromatic nitrogens is 6. The molecule has 2 heterocycles. The van der Waals surface area contributed by atoms with Gasteiger partial charge in [-0.1, -0.05) is 6.07 Å². The first-order valence-electron chi connectivity index (χ1n) is 5.74. The van der Waals surface area contributed by atoms with Crippen molar-refractivity contribution in [2.24, 2.45) is 0 Å². The maximum atomic E-state index is 4.15. The van der Waals surface area contributed by atoms with Gasteiger partial charge in [0.15, 0.2) is 0 Å². The van der Waals surface area contributed by atoms with Crippen molar-refractivity contribution in [2.75, 3.05) is 5.32 Å².